The van der Waals surface area contributed by atoms with E-state index < -0.39 is 0 Å². The topological polar surface area (TPSA) is 51.2 Å². The Hall–Kier alpha value is -2.08. The van der Waals surface area contributed by atoms with Crippen molar-refractivity contribution >= 4 is 11.9 Å². The Balaban J connectivity index is 1.26. The lowest BCUT2D eigenvalue weighted by molar-refractivity contribution is -0.128. The lowest BCUT2D eigenvalue weighted by Gasteiger charge is -2.29. The third-order valence-electron chi connectivity index (χ3n) is 6.75. The number of amides is 1. The van der Waals surface area contributed by atoms with E-state index in [0.717, 1.165) is 51.0 Å². The van der Waals surface area contributed by atoms with Crippen LogP contribution >= 0.6 is 0 Å². The normalized spacial score (nSPS) is 23.4. The lowest BCUT2D eigenvalue weighted by Crippen LogP contribution is -2.41. The summed E-state index contributed by atoms with van der Waals surface area (Å²) in [5, 5.41) is 3.56. The lowest BCUT2D eigenvalue weighted by atomic mass is 10.1. The van der Waals surface area contributed by atoms with E-state index >= 15 is 0 Å². The van der Waals surface area contributed by atoms with Gasteiger partial charge in [-0.25, -0.2) is 0 Å². The highest BCUT2D eigenvalue weighted by Gasteiger charge is 2.27. The molecule has 0 saturated carbocycles. The maximum atomic E-state index is 11.9. The minimum absolute atomic E-state index is 0.284. The summed E-state index contributed by atoms with van der Waals surface area (Å²) in [7, 11) is 1.88. The number of nitrogens with zero attached hydrogens (tertiary/aromatic N) is 4. The molecule has 6 nitrogen and oxygen atoms in total. The van der Waals surface area contributed by atoms with Crippen LogP contribution in [0.3, 0.4) is 0 Å². The summed E-state index contributed by atoms with van der Waals surface area (Å²) in [6.45, 7) is 8.38. The molecule has 1 aromatic carbocycles. The molecule has 1 atom stereocenters. The molecule has 1 amide bonds. The SMILES string of the molecule is CN=C(NCc1cccc(CN2CCCC2=O)c1)N1CCC(CN2CCCCC2)C1. The second-order valence-corrected chi connectivity index (χ2v) is 9.10. The Morgan fingerprint density at radius 3 is 2.70 bits per heavy atom. The summed E-state index contributed by atoms with van der Waals surface area (Å²) in [6, 6.07) is 8.59. The molecule has 3 aliphatic rings. The molecular weight excluding hydrogens is 374 g/mol. The molecule has 3 saturated heterocycles. The van der Waals surface area contributed by atoms with Crippen LogP contribution in [0.25, 0.3) is 0 Å². The van der Waals surface area contributed by atoms with Crippen LogP contribution in [0.1, 0.15) is 49.7 Å². The molecule has 0 aliphatic carbocycles. The maximum Gasteiger partial charge on any atom is 0.222 e. The molecule has 3 fully saturated rings. The van der Waals surface area contributed by atoms with Crippen LogP contribution in [0.4, 0.5) is 0 Å². The van der Waals surface area contributed by atoms with Crippen molar-refractivity contribution in [2.45, 2.75) is 51.6 Å². The maximum absolute atomic E-state index is 11.9. The molecule has 0 aromatic heterocycles. The second kappa shape index (κ2) is 10.3. The molecule has 3 aliphatic heterocycles. The van der Waals surface area contributed by atoms with Gasteiger partial charge in [0, 0.05) is 52.7 Å². The monoisotopic (exact) mass is 411 g/mol. The number of carbonyl (C=O) groups is 1. The summed E-state index contributed by atoms with van der Waals surface area (Å²) in [4.78, 5) is 23.5. The number of hydrogen-bond donors (Lipinski definition) is 1. The van der Waals surface area contributed by atoms with Gasteiger partial charge in [-0.1, -0.05) is 30.7 Å². The Morgan fingerprint density at radius 1 is 1.10 bits per heavy atom. The molecule has 1 unspecified atom stereocenters. The number of guanidine groups is 1. The predicted octanol–water partition coefficient (Wildman–Crippen LogP) is 2.69. The van der Waals surface area contributed by atoms with E-state index in [0.29, 0.717) is 6.42 Å². The predicted molar refractivity (Wildman–Crippen MR) is 121 cm³/mol. The van der Waals surface area contributed by atoms with Crippen LogP contribution in [0, 0.1) is 5.92 Å². The van der Waals surface area contributed by atoms with Crippen molar-refractivity contribution in [3.63, 3.8) is 0 Å². The average molecular weight is 412 g/mol. The van der Waals surface area contributed by atoms with Gasteiger partial charge in [-0.3, -0.25) is 9.79 Å². The molecule has 6 heteroatoms. The Labute approximate surface area is 181 Å². The van der Waals surface area contributed by atoms with Crippen molar-refractivity contribution < 1.29 is 4.79 Å². The number of nitrogens with one attached hydrogen (secondary N) is 1. The summed E-state index contributed by atoms with van der Waals surface area (Å²) in [5.41, 5.74) is 2.45. The minimum atomic E-state index is 0.284. The first kappa shape index (κ1) is 21.2. The zero-order valence-corrected chi connectivity index (χ0v) is 18.5. The largest absolute Gasteiger partial charge is 0.352 e. The van der Waals surface area contributed by atoms with Gasteiger partial charge in [-0.15, -0.1) is 0 Å². The van der Waals surface area contributed by atoms with Crippen LogP contribution in [0.15, 0.2) is 29.3 Å². The number of piperidine rings is 1. The Kier molecular flexibility index (Phi) is 7.26. The van der Waals surface area contributed by atoms with Gasteiger partial charge in [-0.05, 0) is 55.8 Å². The van der Waals surface area contributed by atoms with Gasteiger partial charge >= 0.3 is 0 Å². The van der Waals surface area contributed by atoms with Gasteiger partial charge in [-0.2, -0.15) is 0 Å². The highest BCUT2D eigenvalue weighted by atomic mass is 16.2. The highest BCUT2D eigenvalue weighted by Crippen LogP contribution is 2.20. The van der Waals surface area contributed by atoms with Crippen LogP contribution in [0.5, 0.6) is 0 Å². The van der Waals surface area contributed by atoms with Crippen molar-refractivity contribution in [1.29, 1.82) is 0 Å². The average Bonchev–Trinajstić information content (AvgIpc) is 3.39. The van der Waals surface area contributed by atoms with E-state index in [1.165, 1.54) is 56.4 Å². The van der Waals surface area contributed by atoms with E-state index in [1.54, 1.807) is 0 Å². The quantitative estimate of drug-likeness (QED) is 0.578. The first-order valence-corrected chi connectivity index (χ1v) is 11.7. The van der Waals surface area contributed by atoms with Crippen LogP contribution < -0.4 is 5.32 Å². The molecule has 164 valence electrons. The van der Waals surface area contributed by atoms with E-state index in [9.17, 15) is 4.79 Å². The van der Waals surface area contributed by atoms with Crippen molar-refractivity contribution in [2.24, 2.45) is 10.9 Å². The zero-order valence-electron chi connectivity index (χ0n) is 18.5. The molecule has 0 spiro atoms. The Morgan fingerprint density at radius 2 is 1.93 bits per heavy atom. The summed E-state index contributed by atoms with van der Waals surface area (Å²) >= 11 is 0. The highest BCUT2D eigenvalue weighted by molar-refractivity contribution is 5.80. The van der Waals surface area contributed by atoms with Crippen molar-refractivity contribution in [3.05, 3.63) is 35.4 Å². The van der Waals surface area contributed by atoms with Gasteiger partial charge < -0.3 is 20.0 Å². The van der Waals surface area contributed by atoms with Crippen molar-refractivity contribution in [3.8, 4) is 0 Å². The van der Waals surface area contributed by atoms with Crippen molar-refractivity contribution in [1.82, 2.24) is 20.0 Å². The van der Waals surface area contributed by atoms with Gasteiger partial charge in [0.2, 0.25) is 5.91 Å². The van der Waals surface area contributed by atoms with Crippen LogP contribution in [0.2, 0.25) is 0 Å². The zero-order chi connectivity index (χ0) is 20.8. The first-order valence-electron chi connectivity index (χ1n) is 11.7. The van der Waals surface area contributed by atoms with Crippen molar-refractivity contribution in [2.75, 3.05) is 46.3 Å². The van der Waals surface area contributed by atoms with Crippen LogP contribution in [-0.2, 0) is 17.9 Å². The number of carbonyl (C=O) groups excluding carboxylic acids is 1. The third kappa shape index (κ3) is 5.54. The molecule has 30 heavy (non-hydrogen) atoms. The first-order chi connectivity index (χ1) is 14.7. The van der Waals surface area contributed by atoms with E-state index in [1.807, 2.05) is 11.9 Å². The van der Waals surface area contributed by atoms with E-state index in [2.05, 4.69) is 44.4 Å². The molecule has 3 heterocycles. The Bertz CT molecular complexity index is 743. The fraction of sp³-hybridized carbons (Fsp3) is 0.667. The minimum Gasteiger partial charge on any atom is -0.352 e. The standard InChI is InChI=1S/C24H37N5O/c1-25-24(29-14-10-22(19-29)17-27-11-3-2-4-12-27)26-16-20-7-5-8-21(15-20)18-28-13-6-9-23(28)30/h5,7-8,15,22H,2-4,6,9-14,16-19H2,1H3,(H,25,26). The number of benzene rings is 1. The summed E-state index contributed by atoms with van der Waals surface area (Å²) in [5.74, 6) is 2.05. The number of hydrogen-bond acceptors (Lipinski definition) is 3. The number of likely N-dealkylation sites (tertiary alicyclic amines) is 3. The summed E-state index contributed by atoms with van der Waals surface area (Å²) in [6.07, 6.45) is 7.09. The molecule has 0 bridgehead atoms. The van der Waals surface area contributed by atoms with E-state index in [-0.39, 0.29) is 5.91 Å². The van der Waals surface area contributed by atoms with Gasteiger partial charge in [0.05, 0.1) is 0 Å². The van der Waals surface area contributed by atoms with Crippen LogP contribution in [-0.4, -0.2) is 72.9 Å². The third-order valence-corrected chi connectivity index (χ3v) is 6.75. The second-order valence-electron chi connectivity index (χ2n) is 9.10. The van der Waals surface area contributed by atoms with E-state index in [4.69, 9.17) is 0 Å². The fourth-order valence-corrected chi connectivity index (χ4v) is 5.12. The number of aliphatic imine (C=N–C) groups is 1. The molecule has 1 N–H and O–H groups in total. The summed E-state index contributed by atoms with van der Waals surface area (Å²) < 4.78 is 0. The molecular formula is C24H37N5O. The fourth-order valence-electron chi connectivity index (χ4n) is 5.12. The molecule has 1 aromatic rings. The van der Waals surface area contributed by atoms with Gasteiger partial charge in [0.1, 0.15) is 0 Å². The van der Waals surface area contributed by atoms with Gasteiger partial charge in [0.25, 0.3) is 0 Å². The number of rotatable bonds is 6. The molecule has 0 radical (unpaired) electrons. The van der Waals surface area contributed by atoms with Gasteiger partial charge in [0.15, 0.2) is 5.96 Å². The molecule has 4 rings (SSSR count). The smallest absolute Gasteiger partial charge is 0.222 e.